The summed E-state index contributed by atoms with van der Waals surface area (Å²) in [5.74, 6) is 0. The van der Waals surface area contributed by atoms with Gasteiger partial charge in [0.2, 0.25) is 0 Å². The van der Waals surface area contributed by atoms with Crippen LogP contribution < -0.4 is 5.32 Å². The second kappa shape index (κ2) is 6.50. The van der Waals surface area contributed by atoms with Crippen LogP contribution in [0.1, 0.15) is 53.0 Å². The van der Waals surface area contributed by atoms with E-state index in [1.807, 2.05) is 0 Å². The third kappa shape index (κ3) is 4.31. The lowest BCUT2D eigenvalue weighted by Gasteiger charge is -2.52. The second-order valence-electron chi connectivity index (χ2n) is 7.75. The zero-order chi connectivity index (χ0) is 15.5. The predicted molar refractivity (Wildman–Crippen MR) is 91.7 cm³/mol. The van der Waals surface area contributed by atoms with Gasteiger partial charge in [-0.05, 0) is 52.5 Å². The van der Waals surface area contributed by atoms with Crippen molar-refractivity contribution in [1.29, 1.82) is 0 Å². The van der Waals surface area contributed by atoms with Gasteiger partial charge in [0.15, 0.2) is 0 Å². The zero-order valence-electron chi connectivity index (χ0n) is 14.4. The first-order valence-corrected chi connectivity index (χ1v) is 8.40. The van der Waals surface area contributed by atoms with Crippen LogP contribution in [0.3, 0.4) is 0 Å². The van der Waals surface area contributed by atoms with Gasteiger partial charge in [-0.15, -0.1) is 0 Å². The van der Waals surface area contributed by atoms with Gasteiger partial charge in [0, 0.05) is 30.2 Å². The molecular formula is C19H32N2. The number of benzene rings is 1. The molecule has 0 radical (unpaired) electrons. The maximum atomic E-state index is 3.69. The summed E-state index contributed by atoms with van der Waals surface area (Å²) < 4.78 is 0. The van der Waals surface area contributed by atoms with Crippen LogP contribution in [0, 0.1) is 0 Å². The maximum absolute atomic E-state index is 3.69. The van der Waals surface area contributed by atoms with Crippen LogP contribution in [0.25, 0.3) is 0 Å². The molecule has 1 N–H and O–H groups in total. The standard InChI is InChI=1S/C19H32N2/c1-6-17-14-20-18(2,3)15-21(17)19(4,5)13-12-16-10-8-7-9-11-16/h7-11,17,20H,6,12-15H2,1-5H3. The molecule has 1 aromatic carbocycles. The first-order chi connectivity index (χ1) is 9.84. The molecule has 1 atom stereocenters. The minimum Gasteiger partial charge on any atom is -0.309 e. The van der Waals surface area contributed by atoms with E-state index in [0.29, 0.717) is 6.04 Å². The van der Waals surface area contributed by atoms with Crippen molar-refractivity contribution in [3.05, 3.63) is 35.9 Å². The van der Waals surface area contributed by atoms with Crippen LogP contribution in [0.15, 0.2) is 30.3 Å². The average molecular weight is 288 g/mol. The van der Waals surface area contributed by atoms with Gasteiger partial charge in [-0.3, -0.25) is 4.90 Å². The van der Waals surface area contributed by atoms with Crippen LogP contribution in [-0.4, -0.2) is 35.1 Å². The summed E-state index contributed by atoms with van der Waals surface area (Å²) in [6, 6.07) is 11.5. The molecular weight excluding hydrogens is 256 g/mol. The SMILES string of the molecule is CCC1CNC(C)(C)CN1C(C)(C)CCc1ccccc1. The van der Waals surface area contributed by atoms with Crippen LogP contribution in [-0.2, 0) is 6.42 Å². The van der Waals surface area contributed by atoms with Crippen molar-refractivity contribution in [3.63, 3.8) is 0 Å². The summed E-state index contributed by atoms with van der Waals surface area (Å²) >= 11 is 0. The average Bonchev–Trinajstić information content (AvgIpc) is 2.45. The molecule has 118 valence electrons. The van der Waals surface area contributed by atoms with E-state index in [9.17, 15) is 0 Å². The van der Waals surface area contributed by atoms with Crippen LogP contribution in [0.2, 0.25) is 0 Å². The lowest BCUT2D eigenvalue weighted by Crippen LogP contribution is -2.66. The van der Waals surface area contributed by atoms with Crippen LogP contribution in [0.4, 0.5) is 0 Å². The smallest absolute Gasteiger partial charge is 0.0253 e. The highest BCUT2D eigenvalue weighted by Crippen LogP contribution is 2.29. The molecule has 1 saturated heterocycles. The summed E-state index contributed by atoms with van der Waals surface area (Å²) in [7, 11) is 0. The Labute approximate surface area is 130 Å². The lowest BCUT2D eigenvalue weighted by atomic mass is 9.87. The van der Waals surface area contributed by atoms with Crippen molar-refractivity contribution < 1.29 is 0 Å². The molecule has 0 bridgehead atoms. The number of nitrogens with one attached hydrogen (secondary N) is 1. The third-order valence-corrected chi connectivity index (χ3v) is 4.94. The molecule has 1 unspecified atom stereocenters. The van der Waals surface area contributed by atoms with E-state index in [1.54, 1.807) is 0 Å². The van der Waals surface area contributed by atoms with Crippen molar-refractivity contribution in [2.24, 2.45) is 0 Å². The largest absolute Gasteiger partial charge is 0.309 e. The van der Waals surface area contributed by atoms with Crippen molar-refractivity contribution in [2.75, 3.05) is 13.1 Å². The Hall–Kier alpha value is -0.860. The van der Waals surface area contributed by atoms with E-state index < -0.39 is 0 Å². The van der Waals surface area contributed by atoms with Gasteiger partial charge >= 0.3 is 0 Å². The number of piperazine rings is 1. The topological polar surface area (TPSA) is 15.3 Å². The second-order valence-corrected chi connectivity index (χ2v) is 7.75. The van der Waals surface area contributed by atoms with Gasteiger partial charge in [0.05, 0.1) is 0 Å². The minimum atomic E-state index is 0.218. The lowest BCUT2D eigenvalue weighted by molar-refractivity contribution is 0.00366. The maximum Gasteiger partial charge on any atom is 0.0253 e. The number of hydrogen-bond donors (Lipinski definition) is 1. The van der Waals surface area contributed by atoms with E-state index >= 15 is 0 Å². The van der Waals surface area contributed by atoms with E-state index in [0.717, 1.165) is 19.5 Å². The monoisotopic (exact) mass is 288 g/mol. The number of nitrogens with zero attached hydrogens (tertiary/aromatic N) is 1. The van der Waals surface area contributed by atoms with Gasteiger partial charge in [-0.2, -0.15) is 0 Å². The molecule has 21 heavy (non-hydrogen) atoms. The summed E-state index contributed by atoms with van der Waals surface area (Å²) in [6.45, 7) is 14.0. The van der Waals surface area contributed by atoms with Gasteiger partial charge in [0.1, 0.15) is 0 Å². The van der Waals surface area contributed by atoms with Crippen molar-refractivity contribution in [2.45, 2.75) is 71.0 Å². The Balaban J connectivity index is 2.05. The number of rotatable bonds is 5. The van der Waals surface area contributed by atoms with Gasteiger partial charge in [-0.1, -0.05) is 37.3 Å². The first kappa shape index (κ1) is 16.5. The van der Waals surface area contributed by atoms with E-state index in [2.05, 4.69) is 75.2 Å². The van der Waals surface area contributed by atoms with Crippen LogP contribution >= 0.6 is 0 Å². The molecule has 0 saturated carbocycles. The van der Waals surface area contributed by atoms with E-state index in [1.165, 1.54) is 18.4 Å². The molecule has 2 nitrogen and oxygen atoms in total. The molecule has 2 heteroatoms. The Bertz CT molecular complexity index is 436. The minimum absolute atomic E-state index is 0.218. The quantitative estimate of drug-likeness (QED) is 0.885. The molecule has 1 aliphatic rings. The summed E-state index contributed by atoms with van der Waals surface area (Å²) in [5, 5.41) is 3.69. The summed E-state index contributed by atoms with van der Waals surface area (Å²) in [5.41, 5.74) is 1.92. The van der Waals surface area contributed by atoms with Crippen molar-refractivity contribution in [3.8, 4) is 0 Å². The Morgan fingerprint density at radius 1 is 1.24 bits per heavy atom. The molecule has 1 aromatic rings. The molecule has 2 rings (SSSR count). The molecule has 1 heterocycles. The molecule has 0 spiro atoms. The fourth-order valence-electron chi connectivity index (χ4n) is 3.43. The molecule has 0 amide bonds. The van der Waals surface area contributed by atoms with Gasteiger partial charge in [-0.25, -0.2) is 0 Å². The Morgan fingerprint density at radius 2 is 1.90 bits per heavy atom. The Morgan fingerprint density at radius 3 is 2.52 bits per heavy atom. The molecule has 1 fully saturated rings. The molecule has 1 aliphatic heterocycles. The van der Waals surface area contributed by atoms with Crippen molar-refractivity contribution in [1.82, 2.24) is 10.2 Å². The summed E-state index contributed by atoms with van der Waals surface area (Å²) in [4.78, 5) is 2.74. The van der Waals surface area contributed by atoms with E-state index in [-0.39, 0.29) is 11.1 Å². The molecule has 0 aromatic heterocycles. The number of hydrogen-bond acceptors (Lipinski definition) is 2. The fraction of sp³-hybridized carbons (Fsp3) is 0.684. The van der Waals surface area contributed by atoms with E-state index in [4.69, 9.17) is 0 Å². The highest BCUT2D eigenvalue weighted by molar-refractivity contribution is 5.15. The van der Waals surface area contributed by atoms with Crippen molar-refractivity contribution >= 4 is 0 Å². The first-order valence-electron chi connectivity index (χ1n) is 8.40. The van der Waals surface area contributed by atoms with Gasteiger partial charge < -0.3 is 5.32 Å². The summed E-state index contributed by atoms with van der Waals surface area (Å²) in [6.07, 6.45) is 3.59. The predicted octanol–water partition coefficient (Wildman–Crippen LogP) is 3.86. The third-order valence-electron chi connectivity index (χ3n) is 4.94. The van der Waals surface area contributed by atoms with Gasteiger partial charge in [0.25, 0.3) is 0 Å². The highest BCUT2D eigenvalue weighted by Gasteiger charge is 2.39. The molecule has 0 aliphatic carbocycles. The fourth-order valence-corrected chi connectivity index (χ4v) is 3.43. The zero-order valence-corrected chi connectivity index (χ0v) is 14.4. The normalized spacial score (nSPS) is 23.2. The number of aryl methyl sites for hydroxylation is 1. The highest BCUT2D eigenvalue weighted by atomic mass is 15.3. The van der Waals surface area contributed by atoms with Crippen LogP contribution in [0.5, 0.6) is 0 Å². The Kier molecular flexibility index (Phi) is 5.11.